The number of hydrogen-bond acceptors (Lipinski definition) is 6. The van der Waals surface area contributed by atoms with Crippen molar-refractivity contribution in [2.45, 2.75) is 25.9 Å². The summed E-state index contributed by atoms with van der Waals surface area (Å²) >= 11 is 0. The van der Waals surface area contributed by atoms with Crippen LogP contribution in [0, 0.1) is 5.82 Å². The van der Waals surface area contributed by atoms with Crippen LogP contribution in [0.3, 0.4) is 0 Å². The van der Waals surface area contributed by atoms with Gasteiger partial charge in [-0.3, -0.25) is 0 Å². The molecule has 3 aromatic heterocycles. The fraction of sp³-hybridized carbons (Fsp3) is 0.292. The number of halogens is 1. The van der Waals surface area contributed by atoms with Crippen LogP contribution >= 0.6 is 0 Å². The molecule has 0 bridgehead atoms. The first-order chi connectivity index (χ1) is 15.5. The van der Waals surface area contributed by atoms with Gasteiger partial charge in [-0.1, -0.05) is 0 Å². The summed E-state index contributed by atoms with van der Waals surface area (Å²) in [4.78, 5) is 11.4. The number of imidazole rings is 1. The average molecular weight is 433 g/mol. The molecule has 1 fully saturated rings. The minimum absolute atomic E-state index is 0.285. The van der Waals surface area contributed by atoms with E-state index in [-0.39, 0.29) is 5.82 Å². The second kappa shape index (κ2) is 8.20. The Morgan fingerprint density at radius 1 is 1.00 bits per heavy atom. The highest BCUT2D eigenvalue weighted by Gasteiger charge is 2.24. The number of aromatic nitrogens is 4. The number of anilines is 1. The molecule has 2 unspecified atom stereocenters. The van der Waals surface area contributed by atoms with E-state index < -0.39 is 0 Å². The molecule has 7 nitrogen and oxygen atoms in total. The normalized spacial score (nSPS) is 18.8. The zero-order valence-corrected chi connectivity index (χ0v) is 18.3. The molecule has 2 atom stereocenters. The molecule has 8 heteroatoms. The van der Waals surface area contributed by atoms with E-state index >= 15 is 0 Å². The lowest BCUT2D eigenvalue weighted by Crippen LogP contribution is -2.54. The van der Waals surface area contributed by atoms with Crippen molar-refractivity contribution in [1.29, 1.82) is 0 Å². The largest absolute Gasteiger partial charge is 0.481 e. The SMILES string of the molecule is COc1cc(-c2c(-c3ccc(F)cc3)nc3ccc(N4CC(C)NC(C)C4)nn23)ccn1. The van der Waals surface area contributed by atoms with Crippen LogP contribution in [0.25, 0.3) is 28.2 Å². The summed E-state index contributed by atoms with van der Waals surface area (Å²) < 4.78 is 20.8. The van der Waals surface area contributed by atoms with Crippen molar-refractivity contribution in [1.82, 2.24) is 24.9 Å². The number of benzene rings is 1. The first-order valence-electron chi connectivity index (χ1n) is 10.7. The van der Waals surface area contributed by atoms with Gasteiger partial charge in [-0.25, -0.2) is 18.9 Å². The van der Waals surface area contributed by atoms with Gasteiger partial charge in [0.2, 0.25) is 5.88 Å². The number of methoxy groups -OCH3 is 1. The predicted octanol–water partition coefficient (Wildman–Crippen LogP) is 3.79. The van der Waals surface area contributed by atoms with Crippen molar-refractivity contribution in [2.75, 3.05) is 25.1 Å². The van der Waals surface area contributed by atoms with Gasteiger partial charge in [0.15, 0.2) is 5.65 Å². The predicted molar refractivity (Wildman–Crippen MR) is 122 cm³/mol. The van der Waals surface area contributed by atoms with Crippen LogP contribution in [0.4, 0.5) is 10.2 Å². The van der Waals surface area contributed by atoms with Crippen molar-refractivity contribution < 1.29 is 9.13 Å². The van der Waals surface area contributed by atoms with Crippen molar-refractivity contribution in [3.63, 3.8) is 0 Å². The molecule has 1 aliphatic heterocycles. The first-order valence-corrected chi connectivity index (χ1v) is 10.7. The van der Waals surface area contributed by atoms with Crippen LogP contribution in [0.1, 0.15) is 13.8 Å². The zero-order chi connectivity index (χ0) is 22.2. The van der Waals surface area contributed by atoms with Gasteiger partial charge in [0.1, 0.15) is 17.3 Å². The van der Waals surface area contributed by atoms with Crippen molar-refractivity contribution in [3.05, 3.63) is 60.5 Å². The third kappa shape index (κ3) is 3.78. The second-order valence-corrected chi connectivity index (χ2v) is 8.24. The molecule has 0 saturated carbocycles. The smallest absolute Gasteiger partial charge is 0.213 e. The fourth-order valence-electron chi connectivity index (χ4n) is 4.34. The lowest BCUT2D eigenvalue weighted by atomic mass is 10.1. The highest BCUT2D eigenvalue weighted by atomic mass is 19.1. The van der Waals surface area contributed by atoms with Gasteiger partial charge in [0.05, 0.1) is 12.8 Å². The third-order valence-electron chi connectivity index (χ3n) is 5.68. The number of piperazine rings is 1. The molecular weight excluding hydrogens is 407 g/mol. The number of nitrogens with zero attached hydrogens (tertiary/aromatic N) is 5. The molecule has 1 aliphatic rings. The van der Waals surface area contributed by atoms with Gasteiger partial charge >= 0.3 is 0 Å². The molecule has 0 amide bonds. The standard InChI is InChI=1S/C24H25FN6O/c1-15-13-30(14-16(2)27-15)21-9-8-20-28-23(17-4-6-19(25)7-5-17)24(31(20)29-21)18-10-11-26-22(12-18)32-3/h4-12,15-16,27H,13-14H2,1-3H3. The van der Waals surface area contributed by atoms with Crippen molar-refractivity contribution in [3.8, 4) is 28.4 Å². The number of hydrogen-bond donors (Lipinski definition) is 1. The third-order valence-corrected chi connectivity index (χ3v) is 5.68. The lowest BCUT2D eigenvalue weighted by molar-refractivity contribution is 0.398. The average Bonchev–Trinajstić information content (AvgIpc) is 3.17. The molecule has 0 spiro atoms. The van der Waals surface area contributed by atoms with Crippen molar-refractivity contribution in [2.24, 2.45) is 0 Å². The quantitative estimate of drug-likeness (QED) is 0.529. The summed E-state index contributed by atoms with van der Waals surface area (Å²) in [7, 11) is 1.59. The molecule has 4 heterocycles. The van der Waals surface area contributed by atoms with Gasteiger partial charge in [-0.05, 0) is 56.3 Å². The Morgan fingerprint density at radius 3 is 2.47 bits per heavy atom. The van der Waals surface area contributed by atoms with Crippen LogP contribution < -0.4 is 15.0 Å². The van der Waals surface area contributed by atoms with Gasteiger partial charge in [0, 0.05) is 48.6 Å². The van der Waals surface area contributed by atoms with E-state index in [4.69, 9.17) is 14.8 Å². The Labute approximate surface area is 185 Å². The molecule has 164 valence electrons. The molecule has 1 aromatic carbocycles. The van der Waals surface area contributed by atoms with E-state index in [1.807, 2.05) is 28.8 Å². The summed E-state index contributed by atoms with van der Waals surface area (Å²) in [5.41, 5.74) is 3.94. The highest BCUT2D eigenvalue weighted by Crippen LogP contribution is 2.34. The second-order valence-electron chi connectivity index (χ2n) is 8.24. The number of rotatable bonds is 4. The monoisotopic (exact) mass is 432 g/mol. The van der Waals surface area contributed by atoms with E-state index in [9.17, 15) is 4.39 Å². The van der Waals surface area contributed by atoms with E-state index in [0.717, 1.165) is 47.1 Å². The summed E-state index contributed by atoms with van der Waals surface area (Å²) in [6.45, 7) is 6.11. The Kier molecular flexibility index (Phi) is 5.22. The van der Waals surface area contributed by atoms with E-state index in [2.05, 4.69) is 29.0 Å². The van der Waals surface area contributed by atoms with Crippen LogP contribution in [0.2, 0.25) is 0 Å². The van der Waals surface area contributed by atoms with Gasteiger partial charge in [0.25, 0.3) is 0 Å². The lowest BCUT2D eigenvalue weighted by Gasteiger charge is -2.36. The molecule has 1 N–H and O–H groups in total. The van der Waals surface area contributed by atoms with E-state index in [0.29, 0.717) is 18.0 Å². The molecule has 4 aromatic rings. The van der Waals surface area contributed by atoms with Crippen LogP contribution in [0.5, 0.6) is 5.88 Å². The van der Waals surface area contributed by atoms with Crippen LogP contribution in [-0.4, -0.2) is 51.9 Å². The first kappa shape index (κ1) is 20.4. The molecule has 0 aliphatic carbocycles. The van der Waals surface area contributed by atoms with E-state index in [1.165, 1.54) is 12.1 Å². The summed E-state index contributed by atoms with van der Waals surface area (Å²) in [6, 6.07) is 14.9. The highest BCUT2D eigenvalue weighted by molar-refractivity contribution is 5.82. The van der Waals surface area contributed by atoms with Crippen molar-refractivity contribution >= 4 is 11.5 Å². The Balaban J connectivity index is 1.70. The number of nitrogens with one attached hydrogen (secondary N) is 1. The van der Waals surface area contributed by atoms with E-state index in [1.54, 1.807) is 25.4 Å². The maximum atomic E-state index is 13.6. The van der Waals surface area contributed by atoms with Crippen LogP contribution in [-0.2, 0) is 0 Å². The van der Waals surface area contributed by atoms with Gasteiger partial charge in [-0.15, -0.1) is 5.10 Å². The summed E-state index contributed by atoms with van der Waals surface area (Å²) in [5.74, 6) is 1.11. The van der Waals surface area contributed by atoms with Crippen LogP contribution in [0.15, 0.2) is 54.7 Å². The topological polar surface area (TPSA) is 67.6 Å². The summed E-state index contributed by atoms with van der Waals surface area (Å²) in [6.07, 6.45) is 1.70. The fourth-order valence-corrected chi connectivity index (χ4v) is 4.34. The molecule has 1 saturated heterocycles. The molecule has 5 rings (SSSR count). The molecular formula is C24H25FN6O. The van der Waals surface area contributed by atoms with Gasteiger partial charge in [-0.2, -0.15) is 0 Å². The minimum atomic E-state index is -0.285. The summed E-state index contributed by atoms with van der Waals surface area (Å²) in [5, 5.41) is 8.54. The molecule has 32 heavy (non-hydrogen) atoms. The molecule has 0 radical (unpaired) electrons. The van der Waals surface area contributed by atoms with Gasteiger partial charge < -0.3 is 15.0 Å². The Bertz CT molecular complexity index is 1250. The number of ether oxygens (including phenoxy) is 1. The Hall–Kier alpha value is -3.52. The maximum Gasteiger partial charge on any atom is 0.213 e. The Morgan fingerprint density at radius 2 is 1.75 bits per heavy atom. The number of pyridine rings is 1. The zero-order valence-electron chi connectivity index (χ0n) is 18.3. The number of fused-ring (bicyclic) bond motifs is 1. The maximum absolute atomic E-state index is 13.6. The minimum Gasteiger partial charge on any atom is -0.481 e.